The van der Waals surface area contributed by atoms with Gasteiger partial charge in [0.15, 0.2) is 5.76 Å². The highest BCUT2D eigenvalue weighted by atomic mass is 16.3. The Morgan fingerprint density at radius 3 is 2.33 bits per heavy atom. The van der Waals surface area contributed by atoms with Gasteiger partial charge < -0.3 is 4.42 Å². The third kappa shape index (κ3) is 2.61. The number of aryl methyl sites for hydroxylation is 1. The second kappa shape index (κ2) is 4.88. The van der Waals surface area contributed by atoms with Crippen LogP contribution in [-0.2, 0) is 5.54 Å². The van der Waals surface area contributed by atoms with Crippen LogP contribution < -0.4 is 0 Å². The van der Waals surface area contributed by atoms with E-state index in [2.05, 4.69) is 31.8 Å². The number of aromatic nitrogens is 3. The highest BCUT2D eigenvalue weighted by molar-refractivity contribution is 5.66. The minimum absolute atomic E-state index is 0.124. The molecule has 3 aromatic heterocycles. The molecule has 4 heteroatoms. The Hall–Kier alpha value is -2.36. The van der Waals surface area contributed by atoms with E-state index in [1.165, 1.54) is 0 Å². The van der Waals surface area contributed by atoms with Crippen LogP contribution in [0.4, 0.5) is 0 Å². The lowest BCUT2D eigenvalue weighted by molar-refractivity contribution is 0.357. The van der Waals surface area contributed by atoms with Crippen molar-refractivity contribution in [3.05, 3.63) is 48.5 Å². The van der Waals surface area contributed by atoms with Gasteiger partial charge in [0.25, 0.3) is 0 Å². The molecule has 0 fully saturated rings. The van der Waals surface area contributed by atoms with Gasteiger partial charge in [-0.2, -0.15) is 5.10 Å². The van der Waals surface area contributed by atoms with E-state index in [1.807, 2.05) is 35.9 Å². The summed E-state index contributed by atoms with van der Waals surface area (Å²) in [6.07, 6.45) is 3.56. The van der Waals surface area contributed by atoms with E-state index in [0.717, 1.165) is 28.5 Å². The molecule has 0 aliphatic rings. The summed E-state index contributed by atoms with van der Waals surface area (Å²) in [6.45, 7) is 8.35. The van der Waals surface area contributed by atoms with Crippen molar-refractivity contribution >= 4 is 0 Å². The Balaban J connectivity index is 2.17. The number of nitrogens with zero attached hydrogens (tertiary/aromatic N) is 3. The number of hydrogen-bond donors (Lipinski definition) is 0. The van der Waals surface area contributed by atoms with Crippen LogP contribution in [0.25, 0.3) is 22.7 Å². The molecule has 0 aromatic carbocycles. The van der Waals surface area contributed by atoms with E-state index < -0.39 is 0 Å². The van der Waals surface area contributed by atoms with Gasteiger partial charge in [0.2, 0.25) is 0 Å². The predicted molar refractivity (Wildman–Crippen MR) is 82.9 cm³/mol. The first-order chi connectivity index (χ1) is 9.95. The maximum Gasteiger partial charge on any atom is 0.152 e. The molecule has 0 unspecified atom stereocenters. The van der Waals surface area contributed by atoms with Crippen molar-refractivity contribution in [2.45, 2.75) is 33.2 Å². The van der Waals surface area contributed by atoms with Gasteiger partial charge in [-0.3, -0.25) is 9.67 Å². The van der Waals surface area contributed by atoms with E-state index >= 15 is 0 Å². The van der Waals surface area contributed by atoms with Crippen molar-refractivity contribution in [3.63, 3.8) is 0 Å². The standard InChI is InChI=1S/C17H19N3O/c1-12-5-6-16(21-12)15-11-14(13-7-9-18-10-8-13)19-20(15)17(2,3)4/h5-11H,1-4H3. The van der Waals surface area contributed by atoms with Gasteiger partial charge in [0.1, 0.15) is 11.5 Å². The smallest absolute Gasteiger partial charge is 0.152 e. The largest absolute Gasteiger partial charge is 0.460 e. The Morgan fingerprint density at radius 2 is 1.76 bits per heavy atom. The molecular formula is C17H19N3O. The van der Waals surface area contributed by atoms with Gasteiger partial charge >= 0.3 is 0 Å². The molecular weight excluding hydrogens is 262 g/mol. The highest BCUT2D eigenvalue weighted by Gasteiger charge is 2.22. The van der Waals surface area contributed by atoms with Crippen molar-refractivity contribution in [2.24, 2.45) is 0 Å². The van der Waals surface area contributed by atoms with Crippen LogP contribution in [0, 0.1) is 6.92 Å². The van der Waals surface area contributed by atoms with Gasteiger partial charge in [-0.25, -0.2) is 0 Å². The molecule has 0 aliphatic carbocycles. The molecule has 0 bridgehead atoms. The van der Waals surface area contributed by atoms with Gasteiger partial charge in [-0.15, -0.1) is 0 Å². The Kier molecular flexibility index (Phi) is 3.16. The van der Waals surface area contributed by atoms with E-state index in [0.29, 0.717) is 0 Å². The second-order valence-electron chi connectivity index (χ2n) is 6.14. The monoisotopic (exact) mass is 281 g/mol. The van der Waals surface area contributed by atoms with Crippen LogP contribution in [-0.4, -0.2) is 14.8 Å². The maximum absolute atomic E-state index is 5.78. The summed E-state index contributed by atoms with van der Waals surface area (Å²) in [6, 6.07) is 9.96. The van der Waals surface area contributed by atoms with Crippen LogP contribution in [0.2, 0.25) is 0 Å². The zero-order chi connectivity index (χ0) is 15.0. The predicted octanol–water partition coefficient (Wildman–Crippen LogP) is 4.27. The van der Waals surface area contributed by atoms with Gasteiger partial charge in [-0.1, -0.05) is 0 Å². The summed E-state index contributed by atoms with van der Waals surface area (Å²) < 4.78 is 7.80. The minimum Gasteiger partial charge on any atom is -0.460 e. The molecule has 0 radical (unpaired) electrons. The lowest BCUT2D eigenvalue weighted by atomic mass is 10.1. The molecule has 3 rings (SSSR count). The molecule has 0 saturated heterocycles. The summed E-state index contributed by atoms with van der Waals surface area (Å²) >= 11 is 0. The zero-order valence-corrected chi connectivity index (χ0v) is 12.8. The van der Waals surface area contributed by atoms with Crippen LogP contribution in [0.15, 0.2) is 47.1 Å². The highest BCUT2D eigenvalue weighted by Crippen LogP contribution is 2.31. The summed E-state index contributed by atoms with van der Waals surface area (Å²) in [5, 5.41) is 4.77. The van der Waals surface area contributed by atoms with E-state index in [4.69, 9.17) is 9.52 Å². The first-order valence-corrected chi connectivity index (χ1v) is 7.03. The number of hydrogen-bond acceptors (Lipinski definition) is 3. The van der Waals surface area contributed by atoms with Crippen molar-refractivity contribution in [3.8, 4) is 22.7 Å². The second-order valence-corrected chi connectivity index (χ2v) is 6.14. The topological polar surface area (TPSA) is 43.9 Å². The normalized spacial score (nSPS) is 11.8. The molecule has 0 amide bonds. The Morgan fingerprint density at radius 1 is 1.05 bits per heavy atom. The quantitative estimate of drug-likeness (QED) is 0.704. The Labute approximate surface area is 124 Å². The van der Waals surface area contributed by atoms with Crippen molar-refractivity contribution in [1.29, 1.82) is 0 Å². The van der Waals surface area contributed by atoms with Gasteiger partial charge in [-0.05, 0) is 58.0 Å². The molecule has 0 aliphatic heterocycles. The fourth-order valence-electron chi connectivity index (χ4n) is 2.30. The van der Waals surface area contributed by atoms with E-state index in [-0.39, 0.29) is 5.54 Å². The zero-order valence-electron chi connectivity index (χ0n) is 12.8. The molecule has 0 N–H and O–H groups in total. The molecule has 0 saturated carbocycles. The van der Waals surface area contributed by atoms with Gasteiger partial charge in [0, 0.05) is 18.0 Å². The van der Waals surface area contributed by atoms with Crippen molar-refractivity contribution < 1.29 is 4.42 Å². The van der Waals surface area contributed by atoms with E-state index in [1.54, 1.807) is 12.4 Å². The first-order valence-electron chi connectivity index (χ1n) is 7.03. The molecule has 21 heavy (non-hydrogen) atoms. The lowest BCUT2D eigenvalue weighted by Crippen LogP contribution is -2.24. The maximum atomic E-state index is 5.78. The number of rotatable bonds is 2. The summed E-state index contributed by atoms with van der Waals surface area (Å²) in [4.78, 5) is 4.06. The van der Waals surface area contributed by atoms with Crippen LogP contribution in [0.3, 0.4) is 0 Å². The Bertz CT molecular complexity index is 748. The third-order valence-electron chi connectivity index (χ3n) is 3.31. The summed E-state index contributed by atoms with van der Waals surface area (Å²) in [5.41, 5.74) is 2.85. The molecule has 3 heterocycles. The number of furan rings is 1. The molecule has 3 aromatic rings. The number of pyridine rings is 1. The van der Waals surface area contributed by atoms with Crippen LogP contribution in [0.1, 0.15) is 26.5 Å². The minimum atomic E-state index is -0.124. The summed E-state index contributed by atoms with van der Waals surface area (Å²) in [7, 11) is 0. The first kappa shape index (κ1) is 13.6. The fourth-order valence-corrected chi connectivity index (χ4v) is 2.30. The van der Waals surface area contributed by atoms with Crippen LogP contribution >= 0.6 is 0 Å². The lowest BCUT2D eigenvalue weighted by Gasteiger charge is -2.21. The van der Waals surface area contributed by atoms with Crippen molar-refractivity contribution in [1.82, 2.24) is 14.8 Å². The SMILES string of the molecule is Cc1ccc(-c2cc(-c3ccncc3)nn2C(C)(C)C)o1. The molecule has 0 atom stereocenters. The average molecular weight is 281 g/mol. The third-order valence-corrected chi connectivity index (χ3v) is 3.31. The molecule has 4 nitrogen and oxygen atoms in total. The fraction of sp³-hybridized carbons (Fsp3) is 0.294. The molecule has 108 valence electrons. The van der Waals surface area contributed by atoms with E-state index in [9.17, 15) is 0 Å². The van der Waals surface area contributed by atoms with Crippen molar-refractivity contribution in [2.75, 3.05) is 0 Å². The van der Waals surface area contributed by atoms with Crippen LogP contribution in [0.5, 0.6) is 0 Å². The summed E-state index contributed by atoms with van der Waals surface area (Å²) in [5.74, 6) is 1.74. The average Bonchev–Trinajstić information content (AvgIpc) is 3.05. The molecule has 0 spiro atoms. The van der Waals surface area contributed by atoms with Gasteiger partial charge in [0.05, 0.1) is 11.2 Å².